The van der Waals surface area contributed by atoms with Gasteiger partial charge in [0.1, 0.15) is 16.4 Å². The standard InChI is InChI=1S/C22H20N4OS/c1-27-16-7-2-5-14(11-16)12-24-21-19-17-8-3-9-18(17)28-22(19)26-20(25-21)15-6-4-10-23-13-15/h2,4-7,10-11,13H,3,8-9,12H2,1H3,(H,24,25,26). The highest BCUT2D eigenvalue weighted by Gasteiger charge is 2.22. The van der Waals surface area contributed by atoms with Crippen LogP contribution < -0.4 is 10.1 Å². The third-order valence-corrected chi connectivity index (χ3v) is 6.26. The number of thiophene rings is 1. The van der Waals surface area contributed by atoms with Crippen molar-refractivity contribution in [2.75, 3.05) is 12.4 Å². The van der Waals surface area contributed by atoms with Gasteiger partial charge >= 0.3 is 0 Å². The van der Waals surface area contributed by atoms with Crippen LogP contribution in [0.1, 0.15) is 22.4 Å². The van der Waals surface area contributed by atoms with E-state index in [1.54, 1.807) is 24.6 Å². The molecule has 6 heteroatoms. The van der Waals surface area contributed by atoms with Gasteiger partial charge in [-0.1, -0.05) is 12.1 Å². The summed E-state index contributed by atoms with van der Waals surface area (Å²) in [6.07, 6.45) is 7.06. The molecule has 0 bridgehead atoms. The van der Waals surface area contributed by atoms with Crippen molar-refractivity contribution in [3.63, 3.8) is 0 Å². The first-order valence-corrected chi connectivity index (χ1v) is 10.2. The quantitative estimate of drug-likeness (QED) is 0.529. The van der Waals surface area contributed by atoms with E-state index >= 15 is 0 Å². The smallest absolute Gasteiger partial charge is 0.164 e. The molecule has 0 saturated heterocycles. The number of hydrogen-bond donors (Lipinski definition) is 1. The average Bonchev–Trinajstić information content (AvgIpc) is 3.33. The summed E-state index contributed by atoms with van der Waals surface area (Å²) in [4.78, 5) is 16.5. The van der Waals surface area contributed by atoms with Crippen LogP contribution in [0.25, 0.3) is 21.6 Å². The first-order valence-electron chi connectivity index (χ1n) is 9.41. The molecule has 5 rings (SSSR count). The normalized spacial score (nSPS) is 12.9. The molecule has 0 atom stereocenters. The van der Waals surface area contributed by atoms with E-state index in [1.807, 2.05) is 36.5 Å². The van der Waals surface area contributed by atoms with Gasteiger partial charge in [-0.15, -0.1) is 11.3 Å². The molecule has 0 radical (unpaired) electrons. The molecule has 3 heterocycles. The Morgan fingerprint density at radius 2 is 2.11 bits per heavy atom. The second-order valence-corrected chi connectivity index (χ2v) is 7.96. The monoisotopic (exact) mass is 388 g/mol. The Morgan fingerprint density at radius 1 is 1.14 bits per heavy atom. The van der Waals surface area contributed by atoms with Gasteiger partial charge in [0.25, 0.3) is 0 Å². The predicted octanol–water partition coefficient (Wildman–Crippen LogP) is 4.86. The molecule has 1 aliphatic rings. The first-order chi connectivity index (χ1) is 13.8. The highest BCUT2D eigenvalue weighted by Crippen LogP contribution is 2.40. The van der Waals surface area contributed by atoms with Gasteiger partial charge in [0.2, 0.25) is 0 Å². The lowest BCUT2D eigenvalue weighted by atomic mass is 10.1. The number of nitrogens with one attached hydrogen (secondary N) is 1. The second-order valence-electron chi connectivity index (χ2n) is 6.88. The zero-order valence-electron chi connectivity index (χ0n) is 15.6. The lowest BCUT2D eigenvalue weighted by Crippen LogP contribution is -2.04. The van der Waals surface area contributed by atoms with Crippen LogP contribution in [0.3, 0.4) is 0 Å². The molecule has 5 nitrogen and oxygen atoms in total. The van der Waals surface area contributed by atoms with Gasteiger partial charge in [0, 0.05) is 29.4 Å². The van der Waals surface area contributed by atoms with Crippen LogP contribution >= 0.6 is 11.3 Å². The molecule has 28 heavy (non-hydrogen) atoms. The maximum atomic E-state index is 5.34. The number of hydrogen-bond acceptors (Lipinski definition) is 6. The maximum Gasteiger partial charge on any atom is 0.164 e. The van der Waals surface area contributed by atoms with E-state index in [2.05, 4.69) is 16.4 Å². The number of fused-ring (bicyclic) bond motifs is 3. The molecule has 1 aromatic carbocycles. The van der Waals surface area contributed by atoms with Gasteiger partial charge in [-0.3, -0.25) is 4.98 Å². The van der Waals surface area contributed by atoms with Crippen LogP contribution in [0.15, 0.2) is 48.8 Å². The molecule has 1 aliphatic carbocycles. The zero-order chi connectivity index (χ0) is 18.9. The number of methoxy groups -OCH3 is 1. The Bertz CT molecular complexity index is 1140. The molecule has 0 spiro atoms. The van der Waals surface area contributed by atoms with Gasteiger partial charge in [-0.2, -0.15) is 0 Å². The summed E-state index contributed by atoms with van der Waals surface area (Å²) < 4.78 is 5.34. The van der Waals surface area contributed by atoms with Crippen molar-refractivity contribution in [2.45, 2.75) is 25.8 Å². The van der Waals surface area contributed by atoms with Crippen LogP contribution in [0.5, 0.6) is 5.75 Å². The number of pyridine rings is 1. The largest absolute Gasteiger partial charge is 0.497 e. The lowest BCUT2D eigenvalue weighted by Gasteiger charge is -2.11. The number of nitrogens with zero attached hydrogens (tertiary/aromatic N) is 3. The third-order valence-electron chi connectivity index (χ3n) is 5.08. The Labute approximate surface area is 167 Å². The number of rotatable bonds is 5. The molecule has 1 N–H and O–H groups in total. The summed E-state index contributed by atoms with van der Waals surface area (Å²) in [5.74, 6) is 2.49. The predicted molar refractivity (Wildman–Crippen MR) is 113 cm³/mol. The topological polar surface area (TPSA) is 59.9 Å². The molecule has 140 valence electrons. The number of ether oxygens (including phenoxy) is 1. The molecular weight excluding hydrogens is 368 g/mol. The Kier molecular flexibility index (Phi) is 4.41. The lowest BCUT2D eigenvalue weighted by molar-refractivity contribution is 0.414. The van der Waals surface area contributed by atoms with Crippen molar-refractivity contribution >= 4 is 27.4 Å². The van der Waals surface area contributed by atoms with Crippen LogP contribution in [-0.2, 0) is 19.4 Å². The van der Waals surface area contributed by atoms with E-state index < -0.39 is 0 Å². The average molecular weight is 388 g/mol. The van der Waals surface area contributed by atoms with Crippen molar-refractivity contribution < 1.29 is 4.74 Å². The molecule has 3 aromatic heterocycles. The van der Waals surface area contributed by atoms with Crippen LogP contribution in [0.4, 0.5) is 5.82 Å². The minimum Gasteiger partial charge on any atom is -0.497 e. The zero-order valence-corrected chi connectivity index (χ0v) is 16.4. The SMILES string of the molecule is COc1cccc(CNc2nc(-c3cccnc3)nc3sc4c(c23)CCC4)c1. The summed E-state index contributed by atoms with van der Waals surface area (Å²) in [5, 5.41) is 4.75. The molecule has 0 amide bonds. The van der Waals surface area contributed by atoms with Crippen molar-refractivity contribution in [2.24, 2.45) is 0 Å². The van der Waals surface area contributed by atoms with Gasteiger partial charge in [0.05, 0.1) is 12.5 Å². The van der Waals surface area contributed by atoms with Crippen LogP contribution in [0.2, 0.25) is 0 Å². The fraction of sp³-hybridized carbons (Fsp3) is 0.227. The summed E-state index contributed by atoms with van der Waals surface area (Å²) >= 11 is 1.81. The number of anilines is 1. The molecule has 0 fully saturated rings. The highest BCUT2D eigenvalue weighted by molar-refractivity contribution is 7.19. The van der Waals surface area contributed by atoms with Gasteiger partial charge in [-0.25, -0.2) is 9.97 Å². The summed E-state index contributed by atoms with van der Waals surface area (Å²) in [6.45, 7) is 0.681. The van der Waals surface area contributed by atoms with Crippen molar-refractivity contribution in [1.29, 1.82) is 0 Å². The Balaban J connectivity index is 1.57. The molecular formula is C22H20N4OS. The molecule has 0 aliphatic heterocycles. The number of benzene rings is 1. The maximum absolute atomic E-state index is 5.34. The summed E-state index contributed by atoms with van der Waals surface area (Å²) in [6, 6.07) is 12.0. The van der Waals surface area contributed by atoms with Gasteiger partial charge < -0.3 is 10.1 Å². The number of aromatic nitrogens is 3. The van der Waals surface area contributed by atoms with E-state index in [4.69, 9.17) is 14.7 Å². The van der Waals surface area contributed by atoms with E-state index in [1.165, 1.54) is 22.2 Å². The fourth-order valence-corrected chi connectivity index (χ4v) is 4.98. The molecule has 0 saturated carbocycles. The van der Waals surface area contributed by atoms with Crippen LogP contribution in [0, 0.1) is 0 Å². The number of aryl methyl sites for hydroxylation is 2. The minimum atomic E-state index is 0.681. The first kappa shape index (κ1) is 17.1. The summed E-state index contributed by atoms with van der Waals surface area (Å²) in [5.41, 5.74) is 3.51. The molecule has 0 unspecified atom stereocenters. The van der Waals surface area contributed by atoms with Gasteiger partial charge in [-0.05, 0) is 54.7 Å². The second kappa shape index (κ2) is 7.20. The fourth-order valence-electron chi connectivity index (χ4n) is 3.72. The molecule has 4 aromatic rings. The van der Waals surface area contributed by atoms with E-state index in [-0.39, 0.29) is 0 Å². The van der Waals surface area contributed by atoms with E-state index in [0.29, 0.717) is 12.4 Å². The van der Waals surface area contributed by atoms with E-state index in [0.717, 1.165) is 40.4 Å². The highest BCUT2D eigenvalue weighted by atomic mass is 32.1. The Morgan fingerprint density at radius 3 is 2.96 bits per heavy atom. The third kappa shape index (κ3) is 3.10. The summed E-state index contributed by atoms with van der Waals surface area (Å²) in [7, 11) is 1.69. The minimum absolute atomic E-state index is 0.681. The van der Waals surface area contributed by atoms with Crippen molar-refractivity contribution in [3.05, 3.63) is 64.8 Å². The van der Waals surface area contributed by atoms with Crippen LogP contribution in [-0.4, -0.2) is 22.1 Å². The van der Waals surface area contributed by atoms with E-state index in [9.17, 15) is 0 Å². The van der Waals surface area contributed by atoms with Gasteiger partial charge in [0.15, 0.2) is 5.82 Å². The van der Waals surface area contributed by atoms with Crippen molar-refractivity contribution in [1.82, 2.24) is 15.0 Å². The van der Waals surface area contributed by atoms with Crippen molar-refractivity contribution in [3.8, 4) is 17.1 Å². The Hall–Kier alpha value is -2.99.